The first-order valence-corrected chi connectivity index (χ1v) is 9.66. The number of amides is 1. The molecule has 3 rings (SSSR count). The van der Waals surface area contributed by atoms with Crippen molar-refractivity contribution in [2.75, 3.05) is 25.5 Å². The van der Waals surface area contributed by atoms with Gasteiger partial charge in [0, 0.05) is 42.2 Å². The number of hydrogen-bond donors (Lipinski definition) is 0. The van der Waals surface area contributed by atoms with Gasteiger partial charge >= 0.3 is 0 Å². The Hall–Kier alpha value is -0.220. The van der Waals surface area contributed by atoms with Crippen molar-refractivity contribution in [2.45, 2.75) is 63.7 Å². The zero-order valence-electron chi connectivity index (χ0n) is 13.5. The summed E-state index contributed by atoms with van der Waals surface area (Å²) in [5, 5.41) is 0.696. The molecule has 0 unspecified atom stereocenters. The van der Waals surface area contributed by atoms with E-state index in [-0.39, 0.29) is 5.41 Å². The van der Waals surface area contributed by atoms with Crippen LogP contribution in [0.3, 0.4) is 0 Å². The van der Waals surface area contributed by atoms with Crippen LogP contribution in [0.5, 0.6) is 0 Å². The number of thioether (sulfide) groups is 1. The number of hydrogen-bond acceptors (Lipinski definition) is 3. The molecule has 0 aromatic heterocycles. The van der Waals surface area contributed by atoms with E-state index < -0.39 is 0 Å². The van der Waals surface area contributed by atoms with Crippen LogP contribution in [0.4, 0.5) is 0 Å². The van der Waals surface area contributed by atoms with E-state index in [2.05, 4.69) is 30.5 Å². The second-order valence-corrected chi connectivity index (χ2v) is 8.72. The van der Waals surface area contributed by atoms with Gasteiger partial charge in [-0.1, -0.05) is 26.7 Å². The van der Waals surface area contributed by atoms with Gasteiger partial charge in [-0.3, -0.25) is 4.79 Å². The molecule has 0 aromatic rings. The predicted molar refractivity (Wildman–Crippen MR) is 87.5 cm³/mol. The normalized spacial score (nSPS) is 31.8. The topological polar surface area (TPSA) is 29.5 Å². The Morgan fingerprint density at radius 3 is 2.62 bits per heavy atom. The SMILES string of the molecule is CC(C)(C(=O)N1CCS[C@@H]2CCCC[C@H]21)C1CCOCC1. The largest absolute Gasteiger partial charge is 0.381 e. The lowest BCUT2D eigenvalue weighted by Gasteiger charge is -2.48. The van der Waals surface area contributed by atoms with Gasteiger partial charge in [-0.05, 0) is 31.6 Å². The van der Waals surface area contributed by atoms with Gasteiger partial charge in [0.25, 0.3) is 0 Å². The van der Waals surface area contributed by atoms with Crippen molar-refractivity contribution in [3.63, 3.8) is 0 Å². The Bertz CT molecular complexity index is 377. The summed E-state index contributed by atoms with van der Waals surface area (Å²) >= 11 is 2.10. The minimum Gasteiger partial charge on any atom is -0.381 e. The van der Waals surface area contributed by atoms with E-state index in [0.29, 0.717) is 23.1 Å². The van der Waals surface area contributed by atoms with E-state index in [0.717, 1.165) is 38.4 Å². The quantitative estimate of drug-likeness (QED) is 0.783. The molecule has 120 valence electrons. The third-order valence-corrected chi connectivity index (χ3v) is 7.18. The highest BCUT2D eigenvalue weighted by atomic mass is 32.2. The summed E-state index contributed by atoms with van der Waals surface area (Å²) in [6.45, 7) is 6.94. The molecular formula is C17H29NO2S. The van der Waals surface area contributed by atoms with Gasteiger partial charge < -0.3 is 9.64 Å². The number of carbonyl (C=O) groups excluding carboxylic acids is 1. The van der Waals surface area contributed by atoms with Gasteiger partial charge in [0.2, 0.25) is 5.91 Å². The van der Waals surface area contributed by atoms with Crippen LogP contribution < -0.4 is 0 Å². The van der Waals surface area contributed by atoms with Crippen molar-refractivity contribution in [1.82, 2.24) is 4.90 Å². The lowest BCUT2D eigenvalue weighted by Crippen LogP contribution is -2.56. The monoisotopic (exact) mass is 311 g/mol. The summed E-state index contributed by atoms with van der Waals surface area (Å²) in [4.78, 5) is 15.5. The maximum atomic E-state index is 13.2. The van der Waals surface area contributed by atoms with Crippen molar-refractivity contribution >= 4 is 17.7 Å². The zero-order chi connectivity index (χ0) is 14.9. The van der Waals surface area contributed by atoms with E-state index >= 15 is 0 Å². The Morgan fingerprint density at radius 2 is 1.86 bits per heavy atom. The third-order valence-electron chi connectivity index (χ3n) is 5.79. The number of ether oxygens (including phenoxy) is 1. The number of carbonyl (C=O) groups is 1. The smallest absolute Gasteiger partial charge is 0.228 e. The highest BCUT2D eigenvalue weighted by molar-refractivity contribution is 8.00. The minimum atomic E-state index is -0.228. The van der Waals surface area contributed by atoms with Crippen LogP contribution in [0.25, 0.3) is 0 Å². The van der Waals surface area contributed by atoms with Gasteiger partial charge in [-0.2, -0.15) is 11.8 Å². The number of fused-ring (bicyclic) bond motifs is 1. The molecule has 3 fully saturated rings. The van der Waals surface area contributed by atoms with E-state index in [1.165, 1.54) is 25.7 Å². The summed E-state index contributed by atoms with van der Waals surface area (Å²) in [5.74, 6) is 2.01. The fraction of sp³-hybridized carbons (Fsp3) is 0.941. The van der Waals surface area contributed by atoms with Crippen molar-refractivity contribution in [2.24, 2.45) is 11.3 Å². The molecule has 2 saturated heterocycles. The van der Waals surface area contributed by atoms with E-state index in [4.69, 9.17) is 4.74 Å². The Labute approximate surface area is 133 Å². The maximum Gasteiger partial charge on any atom is 0.228 e. The third kappa shape index (κ3) is 3.12. The molecule has 1 aliphatic carbocycles. The van der Waals surface area contributed by atoms with E-state index in [1.807, 2.05) is 0 Å². The molecule has 2 atom stereocenters. The molecule has 2 aliphatic heterocycles. The standard InChI is InChI=1S/C17H29NO2S/c1-17(2,13-7-10-20-11-8-13)16(19)18-9-12-21-15-6-4-3-5-14(15)18/h13-15H,3-12H2,1-2H3/t14-,15-/m1/s1. The Kier molecular flexibility index (Phi) is 4.84. The summed E-state index contributed by atoms with van der Waals surface area (Å²) in [6, 6.07) is 0.504. The van der Waals surface area contributed by atoms with Crippen LogP contribution in [0.2, 0.25) is 0 Å². The molecule has 0 bridgehead atoms. The summed E-state index contributed by atoms with van der Waals surface area (Å²) in [5.41, 5.74) is -0.228. The molecule has 0 aromatic carbocycles. The van der Waals surface area contributed by atoms with Gasteiger partial charge in [0.1, 0.15) is 0 Å². The number of nitrogens with zero attached hydrogens (tertiary/aromatic N) is 1. The molecule has 4 heteroatoms. The van der Waals surface area contributed by atoms with Crippen LogP contribution in [-0.2, 0) is 9.53 Å². The first-order chi connectivity index (χ1) is 10.1. The molecule has 1 saturated carbocycles. The van der Waals surface area contributed by atoms with Crippen molar-refractivity contribution < 1.29 is 9.53 Å². The molecule has 21 heavy (non-hydrogen) atoms. The lowest BCUT2D eigenvalue weighted by atomic mass is 9.73. The predicted octanol–water partition coefficient (Wildman–Crippen LogP) is 3.33. The Morgan fingerprint density at radius 1 is 1.14 bits per heavy atom. The zero-order valence-corrected chi connectivity index (χ0v) is 14.3. The van der Waals surface area contributed by atoms with Crippen LogP contribution in [0, 0.1) is 11.3 Å². The second-order valence-electron chi connectivity index (χ2n) is 7.37. The second kappa shape index (κ2) is 6.49. The fourth-order valence-electron chi connectivity index (χ4n) is 4.31. The molecule has 3 aliphatic rings. The Balaban J connectivity index is 1.72. The molecule has 0 spiro atoms. The molecule has 0 N–H and O–H groups in total. The van der Waals surface area contributed by atoms with E-state index in [9.17, 15) is 4.79 Å². The average Bonchev–Trinajstić information content (AvgIpc) is 2.54. The van der Waals surface area contributed by atoms with Gasteiger partial charge in [0.15, 0.2) is 0 Å². The van der Waals surface area contributed by atoms with Crippen molar-refractivity contribution in [3.8, 4) is 0 Å². The summed E-state index contributed by atoms with van der Waals surface area (Å²) in [7, 11) is 0. The fourth-order valence-corrected chi connectivity index (χ4v) is 5.76. The summed E-state index contributed by atoms with van der Waals surface area (Å²) < 4.78 is 5.48. The van der Waals surface area contributed by atoms with Crippen molar-refractivity contribution in [3.05, 3.63) is 0 Å². The van der Waals surface area contributed by atoms with Crippen molar-refractivity contribution in [1.29, 1.82) is 0 Å². The molecular weight excluding hydrogens is 282 g/mol. The van der Waals surface area contributed by atoms with E-state index in [1.54, 1.807) is 0 Å². The van der Waals surface area contributed by atoms with Crippen LogP contribution in [-0.4, -0.2) is 47.6 Å². The molecule has 1 amide bonds. The lowest BCUT2D eigenvalue weighted by molar-refractivity contribution is -0.148. The first-order valence-electron chi connectivity index (χ1n) is 8.61. The molecule has 2 heterocycles. The van der Waals surface area contributed by atoms with Gasteiger partial charge in [-0.15, -0.1) is 0 Å². The first kappa shape index (κ1) is 15.7. The van der Waals surface area contributed by atoms with Gasteiger partial charge in [0.05, 0.1) is 0 Å². The molecule has 3 nitrogen and oxygen atoms in total. The number of rotatable bonds is 2. The highest BCUT2D eigenvalue weighted by Gasteiger charge is 2.44. The van der Waals surface area contributed by atoms with Gasteiger partial charge in [-0.25, -0.2) is 0 Å². The maximum absolute atomic E-state index is 13.2. The summed E-state index contributed by atoms with van der Waals surface area (Å²) in [6.07, 6.45) is 7.23. The van der Waals surface area contributed by atoms with Crippen LogP contribution in [0.1, 0.15) is 52.4 Å². The van der Waals surface area contributed by atoms with Crippen LogP contribution >= 0.6 is 11.8 Å². The van der Waals surface area contributed by atoms with Crippen LogP contribution in [0.15, 0.2) is 0 Å². The highest BCUT2D eigenvalue weighted by Crippen LogP contribution is 2.41. The molecule has 0 radical (unpaired) electrons. The average molecular weight is 311 g/mol. The minimum absolute atomic E-state index is 0.228.